The molecule has 0 spiro atoms. The smallest absolute Gasteiger partial charge is 0.416 e. The van der Waals surface area contributed by atoms with Gasteiger partial charge in [0, 0.05) is 10.4 Å². The van der Waals surface area contributed by atoms with Crippen molar-refractivity contribution in [1.82, 2.24) is 0 Å². The third kappa shape index (κ3) is 4.57. The number of carboxylic acids is 1. The summed E-state index contributed by atoms with van der Waals surface area (Å²) in [5.41, 5.74) is 2.01. The van der Waals surface area contributed by atoms with Gasteiger partial charge in [-0.3, -0.25) is 0 Å². The molecule has 1 aliphatic rings. The van der Waals surface area contributed by atoms with Crippen LogP contribution in [0.4, 0.5) is 18.9 Å². The van der Waals surface area contributed by atoms with Crippen molar-refractivity contribution in [3.63, 3.8) is 0 Å². The van der Waals surface area contributed by atoms with Crippen molar-refractivity contribution in [3.05, 3.63) is 86.9 Å². The molecule has 0 unspecified atom stereocenters. The molecule has 0 saturated carbocycles. The van der Waals surface area contributed by atoms with Crippen molar-refractivity contribution in [2.24, 2.45) is 5.92 Å². The summed E-state index contributed by atoms with van der Waals surface area (Å²) in [6.07, 6.45) is -4.44. The summed E-state index contributed by atoms with van der Waals surface area (Å²) in [6.45, 7) is 1.99. The lowest BCUT2D eigenvalue weighted by molar-refractivity contribution is -0.137. The molecule has 1 aliphatic heterocycles. The first-order valence-corrected chi connectivity index (χ1v) is 11.6. The van der Waals surface area contributed by atoms with E-state index in [-0.39, 0.29) is 17.4 Å². The van der Waals surface area contributed by atoms with Gasteiger partial charge in [-0.15, -0.1) is 0 Å². The molecule has 0 bridgehead atoms. The standard InChI is InChI=1S/C26H23BrF3NO4/c1-13-21(15-6-11-19(34-2)20(12-15)35-3)22-18(27)10-9-17(25(32)33)24(22)31-23(13)14-4-7-16(8-5-14)26(28,29)30/h4-13,21,23,31H,1-3H3,(H,32,33)/t13-,21+,23+/m0/s1. The Kier molecular flexibility index (Phi) is 6.73. The molecule has 184 valence electrons. The van der Waals surface area contributed by atoms with Crippen molar-refractivity contribution in [2.45, 2.75) is 25.1 Å². The molecule has 9 heteroatoms. The molecule has 1 heterocycles. The fourth-order valence-electron chi connectivity index (χ4n) is 4.76. The van der Waals surface area contributed by atoms with Crippen LogP contribution in [0.5, 0.6) is 11.5 Å². The first kappa shape index (κ1) is 24.9. The van der Waals surface area contributed by atoms with E-state index >= 15 is 0 Å². The lowest BCUT2D eigenvalue weighted by atomic mass is 9.72. The molecule has 0 aromatic heterocycles. The highest BCUT2D eigenvalue weighted by Crippen LogP contribution is 2.52. The van der Waals surface area contributed by atoms with Crippen LogP contribution in [0.1, 0.15) is 51.5 Å². The van der Waals surface area contributed by atoms with Gasteiger partial charge in [-0.1, -0.05) is 41.1 Å². The summed E-state index contributed by atoms with van der Waals surface area (Å²) in [5.74, 6) is -0.498. The number of hydrogen-bond acceptors (Lipinski definition) is 4. The number of fused-ring (bicyclic) bond motifs is 1. The minimum atomic E-state index is -4.44. The van der Waals surface area contributed by atoms with E-state index in [1.807, 2.05) is 19.1 Å². The normalized spacial score (nSPS) is 19.5. The van der Waals surface area contributed by atoms with Gasteiger partial charge in [0.25, 0.3) is 0 Å². The maximum absolute atomic E-state index is 13.1. The monoisotopic (exact) mass is 549 g/mol. The zero-order valence-electron chi connectivity index (χ0n) is 19.1. The summed E-state index contributed by atoms with van der Waals surface area (Å²) < 4.78 is 51.0. The van der Waals surface area contributed by atoms with Crippen molar-refractivity contribution >= 4 is 27.6 Å². The van der Waals surface area contributed by atoms with Crippen molar-refractivity contribution < 1.29 is 32.5 Å². The molecule has 0 radical (unpaired) electrons. The number of nitrogens with one attached hydrogen (secondary N) is 1. The van der Waals surface area contributed by atoms with E-state index < -0.39 is 23.8 Å². The Bertz CT molecular complexity index is 1260. The van der Waals surface area contributed by atoms with E-state index in [0.29, 0.717) is 22.7 Å². The second-order valence-corrected chi connectivity index (χ2v) is 9.24. The summed E-state index contributed by atoms with van der Waals surface area (Å²) in [7, 11) is 3.07. The van der Waals surface area contributed by atoms with Crippen LogP contribution < -0.4 is 14.8 Å². The predicted molar refractivity (Wildman–Crippen MR) is 129 cm³/mol. The Morgan fingerprint density at radius 3 is 2.17 bits per heavy atom. The van der Waals surface area contributed by atoms with Gasteiger partial charge in [-0.25, -0.2) is 4.79 Å². The Labute approximate surface area is 209 Å². The highest BCUT2D eigenvalue weighted by molar-refractivity contribution is 9.10. The maximum atomic E-state index is 13.1. The molecule has 0 saturated heterocycles. The number of ether oxygens (including phenoxy) is 2. The first-order valence-electron chi connectivity index (χ1n) is 10.8. The Hall–Kier alpha value is -3.20. The Balaban J connectivity index is 1.90. The Morgan fingerprint density at radius 1 is 0.971 bits per heavy atom. The summed E-state index contributed by atoms with van der Waals surface area (Å²) in [6, 6.07) is 13.2. The van der Waals surface area contributed by atoms with E-state index in [2.05, 4.69) is 21.2 Å². The van der Waals surface area contributed by atoms with Crippen molar-refractivity contribution in [3.8, 4) is 11.5 Å². The van der Waals surface area contributed by atoms with Gasteiger partial charge in [-0.2, -0.15) is 13.2 Å². The number of halogens is 4. The number of anilines is 1. The molecule has 3 atom stereocenters. The Morgan fingerprint density at radius 2 is 1.60 bits per heavy atom. The molecule has 3 aromatic carbocycles. The quantitative estimate of drug-likeness (QED) is 0.354. The van der Waals surface area contributed by atoms with Gasteiger partial charge >= 0.3 is 12.1 Å². The average molecular weight is 550 g/mol. The van der Waals surface area contributed by atoms with E-state index in [4.69, 9.17) is 9.47 Å². The lowest BCUT2D eigenvalue weighted by Gasteiger charge is -2.41. The number of hydrogen-bond donors (Lipinski definition) is 2. The molecule has 0 aliphatic carbocycles. The van der Waals surface area contributed by atoms with Crippen LogP contribution in [0.2, 0.25) is 0 Å². The fourth-order valence-corrected chi connectivity index (χ4v) is 5.33. The fraction of sp³-hybridized carbons (Fsp3) is 0.269. The molecular weight excluding hydrogens is 527 g/mol. The van der Waals surface area contributed by atoms with Gasteiger partial charge in [-0.05, 0) is 59.0 Å². The van der Waals surface area contributed by atoms with E-state index in [0.717, 1.165) is 27.7 Å². The van der Waals surface area contributed by atoms with Gasteiger partial charge in [0.05, 0.1) is 37.1 Å². The van der Waals surface area contributed by atoms with E-state index in [9.17, 15) is 23.1 Å². The van der Waals surface area contributed by atoms with Gasteiger partial charge in [0.15, 0.2) is 11.5 Å². The number of alkyl halides is 3. The number of aromatic carboxylic acids is 1. The summed E-state index contributed by atoms with van der Waals surface area (Å²) >= 11 is 3.59. The molecule has 0 amide bonds. The SMILES string of the molecule is COc1ccc([C@@H]2c3c(Br)ccc(C(=O)O)c3N[C@@H](c3ccc(C(F)(F)F)cc3)[C@H]2C)cc1OC. The average Bonchev–Trinajstić information content (AvgIpc) is 2.83. The van der Waals surface area contributed by atoms with Crippen LogP contribution in [-0.2, 0) is 6.18 Å². The van der Waals surface area contributed by atoms with E-state index in [1.54, 1.807) is 12.1 Å². The highest BCUT2D eigenvalue weighted by atomic mass is 79.9. The summed E-state index contributed by atoms with van der Waals surface area (Å²) in [4.78, 5) is 12.1. The number of carbonyl (C=O) groups is 1. The van der Waals surface area contributed by atoms with E-state index in [1.165, 1.54) is 32.4 Å². The largest absolute Gasteiger partial charge is 0.493 e. The second kappa shape index (κ2) is 9.45. The third-order valence-electron chi connectivity index (χ3n) is 6.45. The van der Waals surface area contributed by atoms with Crippen LogP contribution in [0, 0.1) is 5.92 Å². The number of methoxy groups -OCH3 is 2. The topological polar surface area (TPSA) is 67.8 Å². The van der Waals surface area contributed by atoms with Crippen molar-refractivity contribution in [1.29, 1.82) is 0 Å². The molecule has 3 aromatic rings. The summed E-state index contributed by atoms with van der Waals surface area (Å²) in [5, 5.41) is 13.2. The van der Waals surface area contributed by atoms with Crippen LogP contribution in [0.3, 0.4) is 0 Å². The van der Waals surface area contributed by atoms with Crippen LogP contribution in [-0.4, -0.2) is 25.3 Å². The van der Waals surface area contributed by atoms with Gasteiger partial charge < -0.3 is 19.9 Å². The molecule has 0 fully saturated rings. The molecular formula is C26H23BrF3NO4. The van der Waals surface area contributed by atoms with Crippen LogP contribution >= 0.6 is 15.9 Å². The zero-order chi connectivity index (χ0) is 25.5. The van der Waals surface area contributed by atoms with Crippen molar-refractivity contribution in [2.75, 3.05) is 19.5 Å². The number of carboxylic acid groups (broad SMARTS) is 1. The van der Waals surface area contributed by atoms with Gasteiger partial charge in [0.2, 0.25) is 0 Å². The molecule has 35 heavy (non-hydrogen) atoms. The zero-order valence-corrected chi connectivity index (χ0v) is 20.7. The third-order valence-corrected chi connectivity index (χ3v) is 7.14. The molecule has 4 rings (SSSR count). The molecule has 5 nitrogen and oxygen atoms in total. The van der Waals surface area contributed by atoms with Crippen LogP contribution in [0.15, 0.2) is 59.1 Å². The number of benzene rings is 3. The highest BCUT2D eigenvalue weighted by Gasteiger charge is 2.39. The van der Waals surface area contributed by atoms with Crippen LogP contribution in [0.25, 0.3) is 0 Å². The lowest BCUT2D eigenvalue weighted by Crippen LogP contribution is -2.32. The minimum Gasteiger partial charge on any atom is -0.493 e. The maximum Gasteiger partial charge on any atom is 0.416 e. The first-order chi connectivity index (χ1) is 16.6. The van der Waals surface area contributed by atoms with Gasteiger partial charge in [0.1, 0.15) is 0 Å². The second-order valence-electron chi connectivity index (χ2n) is 8.38. The molecule has 2 N–H and O–H groups in total. The predicted octanol–water partition coefficient (Wildman–Crippen LogP) is 7.12. The minimum absolute atomic E-state index is 0.0810. The number of rotatable bonds is 5.